The second kappa shape index (κ2) is 10.4. The molecule has 4 aromatic rings. The van der Waals surface area contributed by atoms with Crippen molar-refractivity contribution >= 4 is 23.1 Å². The lowest BCUT2D eigenvalue weighted by Gasteiger charge is -2.13. The molecule has 0 atom stereocenters. The number of thiazole rings is 1. The van der Waals surface area contributed by atoms with Crippen LogP contribution in [0.3, 0.4) is 0 Å². The monoisotopic (exact) mass is 474 g/mol. The van der Waals surface area contributed by atoms with Crippen LogP contribution in [0.1, 0.15) is 31.4 Å². The predicted octanol–water partition coefficient (Wildman–Crippen LogP) is 6.87. The van der Waals surface area contributed by atoms with Crippen molar-refractivity contribution in [3.63, 3.8) is 0 Å². The van der Waals surface area contributed by atoms with Gasteiger partial charge in [0.25, 0.3) is 0 Å². The van der Waals surface area contributed by atoms with Crippen LogP contribution in [0.5, 0.6) is 5.75 Å². The van der Waals surface area contributed by atoms with Crippen LogP contribution in [0.15, 0.2) is 77.8 Å². The molecule has 0 spiro atoms. The molecule has 1 saturated carbocycles. The predicted molar refractivity (Wildman–Crippen MR) is 136 cm³/mol. The number of rotatable bonds is 9. The Balaban J connectivity index is 1.29. The molecule has 5 nitrogen and oxygen atoms in total. The third kappa shape index (κ3) is 5.20. The fraction of sp³-hybridized carbons (Fsp3) is 0.269. The Bertz CT molecular complexity index is 1190. The van der Waals surface area contributed by atoms with Crippen LogP contribution in [0.4, 0.5) is 0 Å². The molecule has 1 aliphatic rings. The van der Waals surface area contributed by atoms with Gasteiger partial charge in [0.05, 0.1) is 11.8 Å². The molecule has 5 rings (SSSR count). The number of thioether (sulfide) groups is 1. The van der Waals surface area contributed by atoms with Gasteiger partial charge in [-0.3, -0.25) is 4.57 Å². The van der Waals surface area contributed by atoms with E-state index in [2.05, 4.69) is 51.0 Å². The molecular weight excluding hydrogens is 448 g/mol. The highest BCUT2D eigenvalue weighted by Crippen LogP contribution is 2.30. The number of ether oxygens (including phenoxy) is 1. The first kappa shape index (κ1) is 21.9. The van der Waals surface area contributed by atoms with Crippen LogP contribution >= 0.6 is 23.1 Å². The van der Waals surface area contributed by atoms with E-state index in [1.165, 1.54) is 12.8 Å². The maximum absolute atomic E-state index is 6.10. The fourth-order valence-corrected chi connectivity index (χ4v) is 5.78. The molecule has 2 heterocycles. The van der Waals surface area contributed by atoms with E-state index in [0.29, 0.717) is 12.6 Å². The van der Waals surface area contributed by atoms with Crippen LogP contribution < -0.4 is 4.74 Å². The minimum absolute atomic E-state index is 0.358. The van der Waals surface area contributed by atoms with Gasteiger partial charge >= 0.3 is 0 Å². The Morgan fingerprint density at radius 1 is 1.03 bits per heavy atom. The molecule has 2 aromatic carbocycles. The van der Waals surface area contributed by atoms with Gasteiger partial charge in [-0.2, -0.15) is 0 Å². The van der Waals surface area contributed by atoms with Crippen molar-refractivity contribution in [2.45, 2.75) is 49.2 Å². The summed E-state index contributed by atoms with van der Waals surface area (Å²) in [5.41, 5.74) is 3.22. The van der Waals surface area contributed by atoms with Gasteiger partial charge in [0, 0.05) is 28.8 Å². The van der Waals surface area contributed by atoms with E-state index in [1.54, 1.807) is 23.1 Å². The Kier molecular flexibility index (Phi) is 6.88. The summed E-state index contributed by atoms with van der Waals surface area (Å²) in [6.07, 6.45) is 7.08. The molecule has 33 heavy (non-hydrogen) atoms. The molecule has 0 saturated heterocycles. The molecule has 0 radical (unpaired) electrons. The topological polar surface area (TPSA) is 52.8 Å². The summed E-state index contributed by atoms with van der Waals surface area (Å²) < 4.78 is 8.21. The minimum atomic E-state index is 0.358. The van der Waals surface area contributed by atoms with Crippen LogP contribution in [-0.2, 0) is 12.3 Å². The van der Waals surface area contributed by atoms with E-state index in [4.69, 9.17) is 9.72 Å². The highest BCUT2D eigenvalue weighted by molar-refractivity contribution is 7.98. The fourth-order valence-electron chi connectivity index (χ4n) is 4.01. The molecule has 2 aromatic heterocycles. The molecular formula is C26H26N4OS2. The van der Waals surface area contributed by atoms with Crippen LogP contribution in [0.25, 0.3) is 22.0 Å². The first-order valence-electron chi connectivity index (χ1n) is 11.2. The lowest BCUT2D eigenvalue weighted by atomic mass is 10.2. The van der Waals surface area contributed by atoms with E-state index in [9.17, 15) is 0 Å². The normalized spacial score (nSPS) is 13.9. The van der Waals surface area contributed by atoms with Crippen molar-refractivity contribution < 1.29 is 4.74 Å². The molecule has 0 amide bonds. The largest absolute Gasteiger partial charge is 0.490 e. The molecule has 7 heteroatoms. The van der Waals surface area contributed by atoms with Crippen molar-refractivity contribution in [2.75, 3.05) is 0 Å². The lowest BCUT2D eigenvalue weighted by Crippen LogP contribution is -2.10. The Hall–Kier alpha value is -2.90. The molecule has 168 valence electrons. The van der Waals surface area contributed by atoms with Gasteiger partial charge in [-0.15, -0.1) is 28.1 Å². The number of aromatic nitrogens is 4. The summed E-state index contributed by atoms with van der Waals surface area (Å²) >= 11 is 3.32. The van der Waals surface area contributed by atoms with Crippen LogP contribution in [0.2, 0.25) is 0 Å². The van der Waals surface area contributed by atoms with Crippen molar-refractivity contribution in [1.29, 1.82) is 0 Å². The molecule has 0 N–H and O–H groups in total. The number of benzene rings is 2. The first-order chi connectivity index (χ1) is 16.3. The van der Waals surface area contributed by atoms with Crippen molar-refractivity contribution in [1.82, 2.24) is 19.7 Å². The maximum Gasteiger partial charge on any atom is 0.192 e. The smallest absolute Gasteiger partial charge is 0.192 e. The minimum Gasteiger partial charge on any atom is -0.490 e. The number of allylic oxidation sites excluding steroid dienone is 1. The van der Waals surface area contributed by atoms with E-state index in [-0.39, 0.29) is 0 Å². The first-order valence-corrected chi connectivity index (χ1v) is 13.1. The molecule has 1 aliphatic carbocycles. The summed E-state index contributed by atoms with van der Waals surface area (Å²) in [6.45, 7) is 4.57. The number of hydrogen-bond acceptors (Lipinski definition) is 6. The van der Waals surface area contributed by atoms with Crippen LogP contribution in [0, 0.1) is 0 Å². The average molecular weight is 475 g/mol. The van der Waals surface area contributed by atoms with Gasteiger partial charge in [-0.05, 0) is 49.9 Å². The quantitative estimate of drug-likeness (QED) is 0.196. The lowest BCUT2D eigenvalue weighted by molar-refractivity contribution is 0.210. The van der Waals surface area contributed by atoms with Gasteiger partial charge in [0.2, 0.25) is 0 Å². The van der Waals surface area contributed by atoms with Gasteiger partial charge in [-0.25, -0.2) is 4.98 Å². The van der Waals surface area contributed by atoms with Gasteiger partial charge in [0.1, 0.15) is 10.8 Å². The second-order valence-corrected chi connectivity index (χ2v) is 9.85. The van der Waals surface area contributed by atoms with Gasteiger partial charge < -0.3 is 4.74 Å². The molecule has 0 unspecified atom stereocenters. The standard InChI is InChI=1S/C26H26N4OS2/c1-2-16-30-24(19-12-14-23(15-13-19)31-22-10-6-7-11-22)28-29-26(30)33-18-21-17-32-25(27-21)20-8-4-3-5-9-20/h2-5,8-9,12-15,17,22H,1,6-7,10-11,16,18H2. The highest BCUT2D eigenvalue weighted by Gasteiger charge is 2.18. The van der Waals surface area contributed by atoms with Crippen molar-refractivity contribution in [3.05, 3.63) is 78.3 Å². The van der Waals surface area contributed by atoms with Crippen molar-refractivity contribution in [2.24, 2.45) is 0 Å². The second-order valence-electron chi connectivity index (χ2n) is 8.05. The SMILES string of the molecule is C=CCn1c(SCc2csc(-c3ccccc3)n2)nnc1-c1ccc(OC2CCCC2)cc1. The molecule has 0 bridgehead atoms. The summed E-state index contributed by atoms with van der Waals surface area (Å²) in [5, 5.41) is 13.0. The molecule has 0 aliphatic heterocycles. The zero-order valence-electron chi connectivity index (χ0n) is 18.4. The molecule has 1 fully saturated rings. The van der Waals surface area contributed by atoms with Gasteiger partial charge in [-0.1, -0.05) is 48.2 Å². The summed E-state index contributed by atoms with van der Waals surface area (Å²) in [7, 11) is 0. The Labute approximate surface area is 202 Å². The maximum atomic E-state index is 6.10. The van der Waals surface area contributed by atoms with E-state index in [1.807, 2.05) is 36.4 Å². The van der Waals surface area contributed by atoms with Gasteiger partial charge in [0.15, 0.2) is 11.0 Å². The summed E-state index contributed by atoms with van der Waals surface area (Å²) in [6, 6.07) is 18.5. The Morgan fingerprint density at radius 2 is 1.82 bits per heavy atom. The summed E-state index contributed by atoms with van der Waals surface area (Å²) in [4.78, 5) is 4.79. The van der Waals surface area contributed by atoms with E-state index >= 15 is 0 Å². The van der Waals surface area contributed by atoms with E-state index in [0.717, 1.165) is 57.2 Å². The van der Waals surface area contributed by atoms with Crippen molar-refractivity contribution in [3.8, 4) is 27.7 Å². The third-order valence-corrected chi connectivity index (χ3v) is 7.61. The average Bonchev–Trinajstić information content (AvgIpc) is 3.61. The number of hydrogen-bond donors (Lipinski definition) is 0. The highest BCUT2D eigenvalue weighted by atomic mass is 32.2. The van der Waals surface area contributed by atoms with E-state index < -0.39 is 0 Å². The van der Waals surface area contributed by atoms with Crippen LogP contribution in [-0.4, -0.2) is 25.9 Å². The zero-order valence-corrected chi connectivity index (χ0v) is 20.0. The number of nitrogens with zero attached hydrogens (tertiary/aromatic N) is 4. The zero-order chi connectivity index (χ0) is 22.5. The summed E-state index contributed by atoms with van der Waals surface area (Å²) in [5.74, 6) is 2.51. The Morgan fingerprint density at radius 3 is 2.58 bits per heavy atom. The third-order valence-electron chi connectivity index (χ3n) is 5.67.